The van der Waals surface area contributed by atoms with Gasteiger partial charge in [0.1, 0.15) is 6.04 Å². The lowest BCUT2D eigenvalue weighted by Gasteiger charge is -2.28. The maximum absolute atomic E-state index is 12.9. The molecule has 0 aliphatic carbocycles. The molecule has 3 fully saturated rings. The van der Waals surface area contributed by atoms with Crippen LogP contribution < -0.4 is 5.32 Å². The normalized spacial score (nSPS) is 24.4. The van der Waals surface area contributed by atoms with Gasteiger partial charge in [0, 0.05) is 25.7 Å². The number of likely N-dealkylation sites (tertiary alicyclic amines) is 3. The van der Waals surface area contributed by atoms with Crippen LogP contribution in [0.1, 0.15) is 38.2 Å². The van der Waals surface area contributed by atoms with Gasteiger partial charge in [0.15, 0.2) is 5.78 Å². The third-order valence-corrected chi connectivity index (χ3v) is 6.92. The first-order valence-electron chi connectivity index (χ1n) is 10.2. The Labute approximate surface area is 182 Å². The number of thiophene rings is 1. The molecule has 0 spiro atoms. The number of nitrogens with one attached hydrogen (secondary N) is 1. The highest BCUT2D eigenvalue weighted by molar-refractivity contribution is 7.59. The maximum Gasteiger partial charge on any atom is 0.320 e. The van der Waals surface area contributed by atoms with Crippen LogP contribution in [-0.2, 0) is 11.2 Å². The summed E-state index contributed by atoms with van der Waals surface area (Å²) in [5.74, 6) is -0.0175. The summed E-state index contributed by atoms with van der Waals surface area (Å²) in [7, 11) is 0. The molecule has 3 saturated heterocycles. The zero-order valence-corrected chi connectivity index (χ0v) is 18.6. The number of ketones is 1. The van der Waals surface area contributed by atoms with E-state index >= 15 is 0 Å². The average Bonchev–Trinajstić information content (AvgIpc) is 3.46. The van der Waals surface area contributed by atoms with Crippen molar-refractivity contribution < 1.29 is 14.4 Å². The number of fused-ring (bicyclic) bond motifs is 1. The van der Waals surface area contributed by atoms with Crippen LogP contribution in [0.15, 0.2) is 16.8 Å². The Morgan fingerprint density at radius 3 is 2.66 bits per heavy atom. The van der Waals surface area contributed by atoms with E-state index in [0.29, 0.717) is 13.0 Å². The van der Waals surface area contributed by atoms with Gasteiger partial charge in [-0.15, -0.1) is 0 Å². The van der Waals surface area contributed by atoms with Crippen LogP contribution in [0.5, 0.6) is 0 Å². The van der Waals surface area contributed by atoms with Gasteiger partial charge < -0.3 is 20.0 Å². The van der Waals surface area contributed by atoms with Gasteiger partial charge >= 0.3 is 12.1 Å². The molecule has 4 rings (SSSR count). The van der Waals surface area contributed by atoms with E-state index in [1.54, 1.807) is 21.1 Å². The number of hydrogen-bond acceptors (Lipinski definition) is 4. The third-order valence-electron chi connectivity index (χ3n) is 6.19. The lowest BCUT2D eigenvalue weighted by molar-refractivity contribution is -0.119. The van der Waals surface area contributed by atoms with E-state index in [0.717, 1.165) is 38.8 Å². The number of carbonyl (C=O) groups excluding carboxylic acids is 3. The molecule has 1 aromatic heterocycles. The first-order valence-corrected chi connectivity index (χ1v) is 11.2. The summed E-state index contributed by atoms with van der Waals surface area (Å²) in [4.78, 5) is 43.6. The molecule has 0 bridgehead atoms. The van der Waals surface area contributed by atoms with Gasteiger partial charge in [0.2, 0.25) is 0 Å². The summed E-state index contributed by atoms with van der Waals surface area (Å²) in [6.07, 6.45) is 4.35. The van der Waals surface area contributed by atoms with Crippen molar-refractivity contribution in [2.75, 3.05) is 26.2 Å². The van der Waals surface area contributed by atoms with E-state index in [-0.39, 0.29) is 50.0 Å². The second kappa shape index (κ2) is 9.38. The maximum atomic E-state index is 12.9. The number of amides is 4. The Balaban J connectivity index is 0.00000240. The Kier molecular flexibility index (Phi) is 7.10. The highest BCUT2D eigenvalue weighted by atomic mass is 32.1. The van der Waals surface area contributed by atoms with Gasteiger partial charge in [-0.1, -0.05) is 6.92 Å². The second-order valence-corrected chi connectivity index (χ2v) is 8.74. The Hall–Kier alpha value is -1.74. The monoisotopic (exact) mass is 438 g/mol. The molecule has 3 aliphatic rings. The molecule has 0 saturated carbocycles. The van der Waals surface area contributed by atoms with Gasteiger partial charge in [0.25, 0.3) is 0 Å². The molecule has 3 atom stereocenters. The van der Waals surface area contributed by atoms with E-state index in [4.69, 9.17) is 0 Å². The van der Waals surface area contributed by atoms with Crippen LogP contribution in [0.25, 0.3) is 0 Å². The number of rotatable bonds is 4. The van der Waals surface area contributed by atoms with Gasteiger partial charge in [-0.2, -0.15) is 24.8 Å². The molecule has 1 aromatic rings. The van der Waals surface area contributed by atoms with E-state index in [1.807, 2.05) is 10.3 Å². The molecule has 4 heterocycles. The zero-order chi connectivity index (χ0) is 19.7. The van der Waals surface area contributed by atoms with Crippen LogP contribution in [-0.4, -0.2) is 76.8 Å². The fraction of sp³-hybridized carbons (Fsp3) is 0.650. The molecular formula is C20H30N4O3S2. The number of carbonyl (C=O) groups is 3. The smallest absolute Gasteiger partial charge is 0.320 e. The molecule has 1 N–H and O–H groups in total. The van der Waals surface area contributed by atoms with Crippen LogP contribution in [0, 0.1) is 0 Å². The highest BCUT2D eigenvalue weighted by Gasteiger charge is 2.52. The summed E-state index contributed by atoms with van der Waals surface area (Å²) in [5.41, 5.74) is 1.22. The van der Waals surface area contributed by atoms with Crippen LogP contribution in [0.3, 0.4) is 0 Å². The van der Waals surface area contributed by atoms with Gasteiger partial charge in [-0.05, 0) is 54.5 Å². The largest absolute Gasteiger partial charge is 0.335 e. The first kappa shape index (κ1) is 22.0. The zero-order valence-electron chi connectivity index (χ0n) is 16.8. The van der Waals surface area contributed by atoms with Crippen LogP contribution in [0.2, 0.25) is 0 Å². The van der Waals surface area contributed by atoms with Crippen molar-refractivity contribution >= 4 is 42.7 Å². The lowest BCUT2D eigenvalue weighted by Crippen LogP contribution is -2.51. The fourth-order valence-corrected chi connectivity index (χ4v) is 5.33. The summed E-state index contributed by atoms with van der Waals surface area (Å²) < 4.78 is 0. The Morgan fingerprint density at radius 1 is 1.24 bits per heavy atom. The minimum absolute atomic E-state index is 0. The standard InChI is InChI=1S/C20H28N4O3S.H2S/c1-2-15(11-14-6-10-28-13-14)21-19(26)23-9-5-16-18(23)17(25)12-24(16)20(27)22-7-3-4-8-22;/h6,10,13,15-16,18H,2-5,7-9,11-12H2,1H3,(H,21,26);1H2/t15?,16-,18+;/m1./s1. The van der Waals surface area contributed by atoms with E-state index < -0.39 is 6.04 Å². The van der Waals surface area contributed by atoms with E-state index in [2.05, 4.69) is 23.7 Å². The molecular weight excluding hydrogens is 408 g/mol. The molecule has 4 amide bonds. The number of Topliss-reactive ketones (excluding diaryl/α,β-unsaturated/α-hetero) is 1. The van der Waals surface area contributed by atoms with Crippen molar-refractivity contribution in [1.29, 1.82) is 0 Å². The molecule has 3 aliphatic heterocycles. The Morgan fingerprint density at radius 2 is 2.00 bits per heavy atom. The van der Waals surface area contributed by atoms with Crippen LogP contribution >= 0.6 is 24.8 Å². The summed E-state index contributed by atoms with van der Waals surface area (Å²) in [6, 6.07) is 1.23. The summed E-state index contributed by atoms with van der Waals surface area (Å²) in [6.45, 7) is 4.24. The predicted octanol–water partition coefficient (Wildman–Crippen LogP) is 2.44. The van der Waals surface area contributed by atoms with Crippen molar-refractivity contribution in [3.8, 4) is 0 Å². The lowest BCUT2D eigenvalue weighted by atomic mass is 10.1. The third kappa shape index (κ3) is 4.40. The van der Waals surface area contributed by atoms with Crippen molar-refractivity contribution in [1.82, 2.24) is 20.0 Å². The Bertz CT molecular complexity index is 736. The SMILES string of the molecule is CCC(Cc1ccsc1)NC(=O)N1CC[C@@H]2[C@H]1C(=O)CN2C(=O)N1CCCC1.S. The highest BCUT2D eigenvalue weighted by Crippen LogP contribution is 2.31. The van der Waals surface area contributed by atoms with Crippen molar-refractivity contribution in [3.05, 3.63) is 22.4 Å². The molecule has 29 heavy (non-hydrogen) atoms. The van der Waals surface area contributed by atoms with Gasteiger partial charge in [-0.3, -0.25) is 4.79 Å². The average molecular weight is 439 g/mol. The minimum atomic E-state index is -0.495. The van der Waals surface area contributed by atoms with Crippen LogP contribution in [0.4, 0.5) is 9.59 Å². The molecule has 0 radical (unpaired) electrons. The molecule has 160 valence electrons. The van der Waals surface area contributed by atoms with Crippen molar-refractivity contribution in [3.63, 3.8) is 0 Å². The number of nitrogens with zero attached hydrogens (tertiary/aromatic N) is 3. The van der Waals surface area contributed by atoms with E-state index in [1.165, 1.54) is 5.56 Å². The molecule has 9 heteroatoms. The summed E-state index contributed by atoms with van der Waals surface area (Å²) in [5, 5.41) is 7.24. The van der Waals surface area contributed by atoms with Gasteiger partial charge in [-0.25, -0.2) is 9.59 Å². The summed E-state index contributed by atoms with van der Waals surface area (Å²) >= 11 is 1.65. The number of urea groups is 2. The topological polar surface area (TPSA) is 73.0 Å². The quantitative estimate of drug-likeness (QED) is 0.785. The molecule has 0 aromatic carbocycles. The minimum Gasteiger partial charge on any atom is -0.335 e. The van der Waals surface area contributed by atoms with E-state index in [9.17, 15) is 14.4 Å². The number of hydrogen-bond donors (Lipinski definition) is 1. The van der Waals surface area contributed by atoms with Gasteiger partial charge in [0.05, 0.1) is 12.6 Å². The van der Waals surface area contributed by atoms with Crippen molar-refractivity contribution in [2.24, 2.45) is 0 Å². The first-order chi connectivity index (χ1) is 13.6. The fourth-order valence-electron chi connectivity index (χ4n) is 4.65. The second-order valence-electron chi connectivity index (χ2n) is 7.96. The molecule has 7 nitrogen and oxygen atoms in total. The molecule has 1 unspecified atom stereocenters. The predicted molar refractivity (Wildman–Crippen MR) is 118 cm³/mol. The van der Waals surface area contributed by atoms with Crippen molar-refractivity contribution in [2.45, 2.75) is 57.2 Å².